The van der Waals surface area contributed by atoms with E-state index in [4.69, 9.17) is 5.11 Å². The molecule has 0 bridgehead atoms. The lowest BCUT2D eigenvalue weighted by Gasteiger charge is -2.16. The third-order valence-electron chi connectivity index (χ3n) is 3.01. The first-order chi connectivity index (χ1) is 8.82. The van der Waals surface area contributed by atoms with Gasteiger partial charge >= 0.3 is 5.97 Å². The summed E-state index contributed by atoms with van der Waals surface area (Å²) in [5.74, 6) is -3.93. The molecule has 5 nitrogen and oxygen atoms in total. The molecule has 1 atom stereocenters. The fraction of sp³-hybridized carbons (Fsp3) is 0.364. The zero-order chi connectivity index (χ0) is 14.2. The molecule has 0 saturated carbocycles. The first-order valence-electron chi connectivity index (χ1n) is 5.50. The van der Waals surface area contributed by atoms with E-state index in [1.54, 1.807) is 0 Å². The average Bonchev–Trinajstić information content (AvgIpc) is 2.78. The summed E-state index contributed by atoms with van der Waals surface area (Å²) in [7, 11) is -4.12. The molecule has 104 valence electrons. The molecule has 0 spiro atoms. The number of carboxylic acid groups (broad SMARTS) is 1. The number of rotatable bonds is 3. The van der Waals surface area contributed by atoms with Crippen LogP contribution in [0.2, 0.25) is 0 Å². The van der Waals surface area contributed by atoms with E-state index < -0.39 is 38.4 Å². The highest BCUT2D eigenvalue weighted by Gasteiger charge is 2.36. The van der Waals surface area contributed by atoms with Gasteiger partial charge in [-0.15, -0.1) is 0 Å². The second-order valence-electron chi connectivity index (χ2n) is 4.26. The summed E-state index contributed by atoms with van der Waals surface area (Å²) in [6, 6.07) is 2.17. The maximum absolute atomic E-state index is 13.5. The summed E-state index contributed by atoms with van der Waals surface area (Å²) >= 11 is 0. The fourth-order valence-corrected chi connectivity index (χ4v) is 3.52. The van der Waals surface area contributed by atoms with Crippen molar-refractivity contribution in [3.8, 4) is 0 Å². The van der Waals surface area contributed by atoms with Crippen molar-refractivity contribution in [2.45, 2.75) is 11.3 Å². The maximum Gasteiger partial charge on any atom is 0.307 e. The molecule has 0 aliphatic carbocycles. The molecule has 1 fully saturated rings. The summed E-state index contributed by atoms with van der Waals surface area (Å²) < 4.78 is 51.4. The van der Waals surface area contributed by atoms with Crippen molar-refractivity contribution in [2.24, 2.45) is 5.92 Å². The van der Waals surface area contributed by atoms with Crippen LogP contribution in [0.25, 0.3) is 0 Å². The van der Waals surface area contributed by atoms with Crippen LogP contribution in [0.15, 0.2) is 23.1 Å². The minimum atomic E-state index is -4.12. The summed E-state index contributed by atoms with van der Waals surface area (Å²) in [4.78, 5) is 10.1. The first-order valence-corrected chi connectivity index (χ1v) is 6.94. The predicted molar refractivity (Wildman–Crippen MR) is 60.9 cm³/mol. The molecule has 1 unspecified atom stereocenters. The summed E-state index contributed by atoms with van der Waals surface area (Å²) in [5.41, 5.74) is 0. The zero-order valence-corrected chi connectivity index (χ0v) is 10.5. The Morgan fingerprint density at radius 1 is 1.37 bits per heavy atom. The number of aliphatic carboxylic acids is 1. The SMILES string of the molecule is O=C(O)C1CCN(S(=O)(=O)c2ccc(F)cc2F)C1. The molecular weight excluding hydrogens is 280 g/mol. The predicted octanol–water partition coefficient (Wildman–Crippen LogP) is 1.06. The molecule has 1 saturated heterocycles. The molecule has 19 heavy (non-hydrogen) atoms. The molecule has 1 heterocycles. The van der Waals surface area contributed by atoms with Gasteiger partial charge in [0.15, 0.2) is 0 Å². The van der Waals surface area contributed by atoms with E-state index in [0.29, 0.717) is 6.07 Å². The summed E-state index contributed by atoms with van der Waals surface area (Å²) in [6.45, 7) is -0.190. The largest absolute Gasteiger partial charge is 0.481 e. The van der Waals surface area contributed by atoms with Gasteiger partial charge in [-0.1, -0.05) is 0 Å². The van der Waals surface area contributed by atoms with Crippen LogP contribution >= 0.6 is 0 Å². The van der Waals surface area contributed by atoms with Crippen LogP contribution in [0.5, 0.6) is 0 Å². The molecule has 0 aromatic heterocycles. The number of carboxylic acids is 1. The molecule has 1 aliphatic rings. The van der Waals surface area contributed by atoms with Gasteiger partial charge in [-0.25, -0.2) is 17.2 Å². The van der Waals surface area contributed by atoms with Crippen molar-refractivity contribution in [3.05, 3.63) is 29.8 Å². The van der Waals surface area contributed by atoms with E-state index in [1.165, 1.54) is 0 Å². The Bertz CT molecular complexity index is 617. The van der Waals surface area contributed by atoms with E-state index in [9.17, 15) is 22.0 Å². The minimum absolute atomic E-state index is 0.0100. The minimum Gasteiger partial charge on any atom is -0.481 e. The smallest absolute Gasteiger partial charge is 0.307 e. The van der Waals surface area contributed by atoms with Crippen LogP contribution < -0.4 is 0 Å². The Kier molecular flexibility index (Phi) is 3.55. The lowest BCUT2D eigenvalue weighted by atomic mass is 10.1. The van der Waals surface area contributed by atoms with Gasteiger partial charge in [-0.2, -0.15) is 4.31 Å². The van der Waals surface area contributed by atoms with Gasteiger partial charge in [0, 0.05) is 19.2 Å². The van der Waals surface area contributed by atoms with E-state index in [-0.39, 0.29) is 19.5 Å². The normalized spacial score (nSPS) is 20.6. The maximum atomic E-state index is 13.5. The molecule has 0 radical (unpaired) electrons. The van der Waals surface area contributed by atoms with Crippen LogP contribution in [0.4, 0.5) is 8.78 Å². The van der Waals surface area contributed by atoms with Crippen molar-refractivity contribution in [1.82, 2.24) is 4.31 Å². The molecule has 1 aromatic carbocycles. The zero-order valence-electron chi connectivity index (χ0n) is 9.71. The third-order valence-corrected chi connectivity index (χ3v) is 4.91. The second kappa shape index (κ2) is 4.86. The highest BCUT2D eigenvalue weighted by Crippen LogP contribution is 2.26. The van der Waals surface area contributed by atoms with Crippen molar-refractivity contribution in [3.63, 3.8) is 0 Å². The van der Waals surface area contributed by atoms with Gasteiger partial charge in [-0.3, -0.25) is 4.79 Å². The summed E-state index contributed by atoms with van der Waals surface area (Å²) in [5, 5.41) is 8.81. The van der Waals surface area contributed by atoms with Crippen molar-refractivity contribution in [2.75, 3.05) is 13.1 Å². The lowest BCUT2D eigenvalue weighted by molar-refractivity contribution is -0.141. The lowest BCUT2D eigenvalue weighted by Crippen LogP contribution is -2.30. The Hall–Kier alpha value is -1.54. The molecule has 1 N–H and O–H groups in total. The number of sulfonamides is 1. The van der Waals surface area contributed by atoms with Crippen LogP contribution in [-0.4, -0.2) is 36.9 Å². The van der Waals surface area contributed by atoms with Crippen LogP contribution in [0.1, 0.15) is 6.42 Å². The molecule has 1 aromatic rings. The number of halogens is 2. The van der Waals surface area contributed by atoms with Crippen LogP contribution in [-0.2, 0) is 14.8 Å². The Labute approximate surface area is 108 Å². The second-order valence-corrected chi connectivity index (χ2v) is 6.17. The Morgan fingerprint density at radius 2 is 2.05 bits per heavy atom. The molecular formula is C11H11F2NO4S. The van der Waals surface area contributed by atoms with Gasteiger partial charge in [0.05, 0.1) is 5.92 Å². The standard InChI is InChI=1S/C11H11F2NO4S/c12-8-1-2-10(9(13)5-8)19(17,18)14-4-3-7(6-14)11(15)16/h1-2,5,7H,3-4,6H2,(H,15,16). The topological polar surface area (TPSA) is 74.7 Å². The van der Waals surface area contributed by atoms with Gasteiger partial charge in [0.25, 0.3) is 0 Å². The van der Waals surface area contributed by atoms with Crippen molar-refractivity contribution in [1.29, 1.82) is 0 Å². The number of nitrogens with zero attached hydrogens (tertiary/aromatic N) is 1. The van der Waals surface area contributed by atoms with Crippen molar-refractivity contribution >= 4 is 16.0 Å². The number of carbonyl (C=O) groups is 1. The fourth-order valence-electron chi connectivity index (χ4n) is 1.97. The van der Waals surface area contributed by atoms with Gasteiger partial charge in [-0.05, 0) is 18.6 Å². The van der Waals surface area contributed by atoms with E-state index in [0.717, 1.165) is 16.4 Å². The van der Waals surface area contributed by atoms with E-state index >= 15 is 0 Å². The van der Waals surface area contributed by atoms with Crippen molar-refractivity contribution < 1.29 is 27.1 Å². The van der Waals surface area contributed by atoms with Crippen LogP contribution in [0.3, 0.4) is 0 Å². The first kappa shape index (κ1) is 13.9. The average molecular weight is 291 g/mol. The van der Waals surface area contributed by atoms with E-state index in [1.807, 2.05) is 0 Å². The molecule has 2 rings (SSSR count). The number of benzene rings is 1. The van der Waals surface area contributed by atoms with Gasteiger partial charge < -0.3 is 5.11 Å². The molecule has 0 amide bonds. The number of hydrogen-bond donors (Lipinski definition) is 1. The van der Waals surface area contributed by atoms with Crippen LogP contribution in [0, 0.1) is 17.6 Å². The Morgan fingerprint density at radius 3 is 2.58 bits per heavy atom. The van der Waals surface area contributed by atoms with Gasteiger partial charge in [0.2, 0.25) is 10.0 Å². The van der Waals surface area contributed by atoms with E-state index in [2.05, 4.69) is 0 Å². The summed E-state index contributed by atoms with van der Waals surface area (Å²) in [6.07, 6.45) is 0.178. The number of hydrogen-bond acceptors (Lipinski definition) is 3. The molecule has 1 aliphatic heterocycles. The highest BCUT2D eigenvalue weighted by molar-refractivity contribution is 7.89. The van der Waals surface area contributed by atoms with Gasteiger partial charge in [0.1, 0.15) is 16.5 Å². The quantitative estimate of drug-likeness (QED) is 0.903. The monoisotopic (exact) mass is 291 g/mol. The molecule has 8 heteroatoms. The third kappa shape index (κ3) is 2.59. The highest BCUT2D eigenvalue weighted by atomic mass is 32.2. The Balaban J connectivity index is 2.31.